The van der Waals surface area contributed by atoms with E-state index in [9.17, 15) is 19.5 Å². The molecule has 0 amide bonds. The number of aromatic nitrogens is 1. The first kappa shape index (κ1) is 17.6. The highest BCUT2D eigenvalue weighted by Crippen LogP contribution is 2.24. The van der Waals surface area contributed by atoms with Crippen LogP contribution in [0.1, 0.15) is 46.4 Å². The molecular weight excluding hydrogens is 294 g/mol. The largest absolute Gasteiger partial charge is 0.465 e. The summed E-state index contributed by atoms with van der Waals surface area (Å²) in [6.07, 6.45) is -0.848. The summed E-state index contributed by atoms with van der Waals surface area (Å²) in [5.41, 5.74) is -0.131. The number of aliphatic hydroxyl groups is 1. The Morgan fingerprint density at radius 3 is 2.23 bits per heavy atom. The first-order chi connectivity index (χ1) is 10.3. The van der Waals surface area contributed by atoms with Crippen LogP contribution >= 0.6 is 0 Å². The van der Waals surface area contributed by atoms with Crippen molar-refractivity contribution in [1.82, 2.24) is 4.98 Å². The van der Waals surface area contributed by atoms with E-state index in [0.717, 1.165) is 14.2 Å². The molecule has 0 radical (unpaired) electrons. The minimum absolute atomic E-state index is 0.148. The molecule has 0 fully saturated rings. The Labute approximate surface area is 127 Å². The van der Waals surface area contributed by atoms with E-state index in [0.29, 0.717) is 0 Å². The second-order valence-corrected chi connectivity index (χ2v) is 4.42. The van der Waals surface area contributed by atoms with E-state index in [1.165, 1.54) is 26.1 Å². The molecule has 1 rings (SSSR count). The lowest BCUT2D eigenvalue weighted by molar-refractivity contribution is -0.152. The molecule has 1 aromatic heterocycles. The summed E-state index contributed by atoms with van der Waals surface area (Å²) in [7, 11) is 2.30. The molecule has 0 aromatic carbocycles. The third kappa shape index (κ3) is 4.01. The van der Waals surface area contributed by atoms with Gasteiger partial charge in [-0.3, -0.25) is 4.79 Å². The van der Waals surface area contributed by atoms with Gasteiger partial charge >= 0.3 is 17.9 Å². The maximum atomic E-state index is 11.8. The fourth-order valence-electron chi connectivity index (χ4n) is 1.79. The van der Waals surface area contributed by atoms with Gasteiger partial charge in [-0.05, 0) is 13.0 Å². The van der Waals surface area contributed by atoms with Gasteiger partial charge < -0.3 is 19.3 Å². The van der Waals surface area contributed by atoms with Crippen molar-refractivity contribution in [2.45, 2.75) is 26.1 Å². The third-order valence-electron chi connectivity index (χ3n) is 2.75. The zero-order valence-corrected chi connectivity index (χ0v) is 12.7. The molecule has 0 saturated heterocycles. The highest BCUT2D eigenvalue weighted by atomic mass is 16.6. The average Bonchev–Trinajstić information content (AvgIpc) is 2.50. The van der Waals surface area contributed by atoms with Crippen LogP contribution in [0.25, 0.3) is 0 Å². The van der Waals surface area contributed by atoms with Gasteiger partial charge in [0.2, 0.25) is 0 Å². The predicted molar refractivity (Wildman–Crippen MR) is 73.1 cm³/mol. The van der Waals surface area contributed by atoms with Crippen molar-refractivity contribution in [1.29, 1.82) is 0 Å². The van der Waals surface area contributed by atoms with Gasteiger partial charge in [0.05, 0.1) is 25.9 Å². The first-order valence-electron chi connectivity index (χ1n) is 6.33. The van der Waals surface area contributed by atoms with Gasteiger partial charge in [-0.25, -0.2) is 14.6 Å². The smallest absolute Gasteiger partial charge is 0.357 e. The van der Waals surface area contributed by atoms with Gasteiger partial charge in [0.1, 0.15) is 0 Å². The zero-order valence-electron chi connectivity index (χ0n) is 12.7. The van der Waals surface area contributed by atoms with Crippen molar-refractivity contribution in [2.24, 2.45) is 0 Å². The van der Waals surface area contributed by atoms with Crippen LogP contribution in [-0.4, -0.2) is 48.3 Å². The van der Waals surface area contributed by atoms with Crippen LogP contribution in [0.3, 0.4) is 0 Å². The predicted octanol–water partition coefficient (Wildman–Crippen LogP) is 0.640. The van der Waals surface area contributed by atoms with E-state index < -0.39 is 30.1 Å². The maximum Gasteiger partial charge on any atom is 0.357 e. The van der Waals surface area contributed by atoms with E-state index in [4.69, 9.17) is 4.74 Å². The number of aliphatic hydroxyl groups excluding tert-OH is 1. The van der Waals surface area contributed by atoms with Crippen LogP contribution in [0.2, 0.25) is 0 Å². The molecule has 0 bridgehead atoms. The maximum absolute atomic E-state index is 11.8. The summed E-state index contributed by atoms with van der Waals surface area (Å²) >= 11 is 0. The second kappa shape index (κ2) is 7.51. The lowest BCUT2D eigenvalue weighted by Gasteiger charge is -2.20. The summed E-state index contributed by atoms with van der Waals surface area (Å²) in [4.78, 5) is 38.4. The number of ether oxygens (including phenoxy) is 3. The second-order valence-electron chi connectivity index (χ2n) is 4.42. The van der Waals surface area contributed by atoms with Gasteiger partial charge in [-0.1, -0.05) is 0 Å². The van der Waals surface area contributed by atoms with E-state index in [-0.39, 0.29) is 16.8 Å². The lowest BCUT2D eigenvalue weighted by atomic mass is 10.0. The number of carbonyl (C=O) groups is 3. The van der Waals surface area contributed by atoms with Crippen LogP contribution in [0, 0.1) is 0 Å². The normalized spacial score (nSPS) is 13.0. The van der Waals surface area contributed by atoms with Gasteiger partial charge in [0.15, 0.2) is 11.8 Å². The van der Waals surface area contributed by atoms with Crippen LogP contribution in [-0.2, 0) is 19.0 Å². The molecule has 120 valence electrons. The number of hydrogen-bond acceptors (Lipinski definition) is 8. The number of pyridine rings is 1. The fourth-order valence-corrected chi connectivity index (χ4v) is 1.79. The van der Waals surface area contributed by atoms with Crippen LogP contribution in [0.4, 0.5) is 0 Å². The Bertz CT molecular complexity index is 583. The van der Waals surface area contributed by atoms with Gasteiger partial charge in [0.25, 0.3) is 0 Å². The monoisotopic (exact) mass is 311 g/mol. The molecule has 1 aromatic rings. The Balaban J connectivity index is 3.36. The molecular formula is C14H17NO7. The average molecular weight is 311 g/mol. The summed E-state index contributed by atoms with van der Waals surface area (Å²) in [5, 5.41) is 9.71. The highest BCUT2D eigenvalue weighted by Gasteiger charge is 2.26. The van der Waals surface area contributed by atoms with Crippen molar-refractivity contribution >= 4 is 17.9 Å². The Kier molecular flexibility index (Phi) is 6.00. The van der Waals surface area contributed by atoms with Gasteiger partial charge in [-0.15, -0.1) is 0 Å². The van der Waals surface area contributed by atoms with Crippen LogP contribution in [0.15, 0.2) is 12.3 Å². The molecule has 22 heavy (non-hydrogen) atoms. The molecule has 1 heterocycles. The standard InChI is InChI=1S/C14H17NO7/c1-7(16)12(22-8(2)17)9-5-10(13(18)20-3)11(15-6-9)14(19)21-4/h5-7,12,16H,1-4H3. The topological polar surface area (TPSA) is 112 Å². The summed E-state index contributed by atoms with van der Waals surface area (Å²) in [5.74, 6) is -2.22. The van der Waals surface area contributed by atoms with Crippen molar-refractivity contribution in [3.05, 3.63) is 29.1 Å². The Morgan fingerprint density at radius 2 is 1.77 bits per heavy atom. The molecule has 8 heteroatoms. The van der Waals surface area contributed by atoms with Crippen molar-refractivity contribution < 1.29 is 33.7 Å². The SMILES string of the molecule is COC(=O)c1cc(C(OC(C)=O)C(C)O)cnc1C(=O)OC. The fraction of sp³-hybridized carbons (Fsp3) is 0.429. The number of hydrogen-bond donors (Lipinski definition) is 1. The molecule has 2 atom stereocenters. The first-order valence-corrected chi connectivity index (χ1v) is 6.33. The molecule has 0 aliphatic carbocycles. The summed E-state index contributed by atoms with van der Waals surface area (Å²) in [6, 6.07) is 1.27. The van der Waals surface area contributed by atoms with E-state index >= 15 is 0 Å². The van der Waals surface area contributed by atoms with Crippen molar-refractivity contribution in [2.75, 3.05) is 14.2 Å². The quantitative estimate of drug-likeness (QED) is 0.622. The minimum Gasteiger partial charge on any atom is -0.465 e. The number of carbonyl (C=O) groups excluding carboxylic acids is 3. The molecule has 0 spiro atoms. The van der Waals surface area contributed by atoms with Crippen LogP contribution < -0.4 is 0 Å². The summed E-state index contributed by atoms with van der Waals surface area (Å²) in [6.45, 7) is 2.60. The van der Waals surface area contributed by atoms with Gasteiger partial charge in [-0.2, -0.15) is 0 Å². The Morgan fingerprint density at radius 1 is 1.18 bits per heavy atom. The molecule has 2 unspecified atom stereocenters. The van der Waals surface area contributed by atoms with Crippen molar-refractivity contribution in [3.63, 3.8) is 0 Å². The minimum atomic E-state index is -1.04. The third-order valence-corrected chi connectivity index (χ3v) is 2.75. The molecule has 0 aliphatic rings. The van der Waals surface area contributed by atoms with E-state index in [1.807, 2.05) is 0 Å². The molecule has 0 saturated carbocycles. The molecule has 1 N–H and O–H groups in total. The summed E-state index contributed by atoms with van der Waals surface area (Å²) < 4.78 is 14.1. The zero-order chi connectivity index (χ0) is 16.9. The Hall–Kier alpha value is -2.48. The number of methoxy groups -OCH3 is 2. The van der Waals surface area contributed by atoms with E-state index in [1.54, 1.807) is 0 Å². The van der Waals surface area contributed by atoms with Gasteiger partial charge in [0, 0.05) is 18.7 Å². The van der Waals surface area contributed by atoms with Crippen molar-refractivity contribution in [3.8, 4) is 0 Å². The van der Waals surface area contributed by atoms with E-state index in [2.05, 4.69) is 14.5 Å². The van der Waals surface area contributed by atoms with Crippen LogP contribution in [0.5, 0.6) is 0 Å². The number of esters is 3. The number of rotatable bonds is 5. The molecule has 0 aliphatic heterocycles. The number of nitrogens with zero attached hydrogens (tertiary/aromatic N) is 1. The molecule has 8 nitrogen and oxygen atoms in total. The lowest BCUT2D eigenvalue weighted by Crippen LogP contribution is -2.22. The highest BCUT2D eigenvalue weighted by molar-refractivity contribution is 6.01.